The Morgan fingerprint density at radius 3 is 2.44 bits per heavy atom. The van der Waals surface area contributed by atoms with Crippen LogP contribution in [0.1, 0.15) is 17.5 Å². The maximum atomic E-state index is 13.4. The summed E-state index contributed by atoms with van der Waals surface area (Å²) in [6, 6.07) is 3.76. The van der Waals surface area contributed by atoms with E-state index in [2.05, 4.69) is 5.32 Å². The summed E-state index contributed by atoms with van der Waals surface area (Å²) < 4.78 is 26.7. The van der Waals surface area contributed by atoms with Crippen molar-refractivity contribution < 1.29 is 8.78 Å². The molecule has 1 aromatic carbocycles. The van der Waals surface area contributed by atoms with Crippen molar-refractivity contribution in [2.24, 2.45) is 5.73 Å². The first-order chi connectivity index (χ1) is 7.69. The monoisotopic (exact) mass is 225 g/mol. The maximum Gasteiger partial charge on any atom is 0.131 e. The van der Waals surface area contributed by atoms with E-state index in [1.807, 2.05) is 0 Å². The fourth-order valence-corrected chi connectivity index (χ4v) is 1.28. The van der Waals surface area contributed by atoms with E-state index >= 15 is 0 Å². The first-order valence-electron chi connectivity index (χ1n) is 4.98. The minimum atomic E-state index is -0.697. The first-order valence-corrected chi connectivity index (χ1v) is 4.98. The molecule has 0 amide bonds. The third-order valence-corrected chi connectivity index (χ3v) is 2.13. The molecule has 3 N–H and O–H groups in total. The highest BCUT2D eigenvalue weighted by Crippen LogP contribution is 2.14. The summed E-state index contributed by atoms with van der Waals surface area (Å²) in [4.78, 5) is 0. The van der Waals surface area contributed by atoms with Gasteiger partial charge in [-0.25, -0.2) is 8.78 Å². The molecule has 0 radical (unpaired) electrons. The lowest BCUT2D eigenvalue weighted by atomic mass is 10.1. The Balaban J connectivity index is 2.70. The van der Waals surface area contributed by atoms with Crippen LogP contribution in [0.2, 0.25) is 0 Å². The van der Waals surface area contributed by atoms with E-state index in [0.717, 1.165) is 18.6 Å². The molecule has 1 rings (SSSR count). The zero-order valence-corrected chi connectivity index (χ0v) is 8.76. The Hall–Kier alpha value is -1.51. The minimum absolute atomic E-state index is 0.0132. The van der Waals surface area contributed by atoms with Crippen LogP contribution < -0.4 is 11.1 Å². The molecule has 0 spiro atoms. The van der Waals surface area contributed by atoms with Gasteiger partial charge in [0, 0.05) is 12.1 Å². The molecule has 0 aliphatic heterocycles. The Kier molecular flexibility index (Phi) is 4.83. The lowest BCUT2D eigenvalue weighted by Gasteiger charge is -2.06. The van der Waals surface area contributed by atoms with Gasteiger partial charge in [-0.05, 0) is 31.6 Å². The molecule has 0 bridgehead atoms. The van der Waals surface area contributed by atoms with Crippen molar-refractivity contribution in [3.63, 3.8) is 0 Å². The molecule has 1 aromatic rings. The van der Waals surface area contributed by atoms with Gasteiger partial charge in [0.25, 0.3) is 0 Å². The summed E-state index contributed by atoms with van der Waals surface area (Å²) >= 11 is 0. The minimum Gasteiger partial charge on any atom is -0.330 e. The molecule has 0 aromatic heterocycles. The van der Waals surface area contributed by atoms with E-state index in [-0.39, 0.29) is 17.7 Å². The van der Waals surface area contributed by atoms with Crippen LogP contribution in [0.4, 0.5) is 8.78 Å². The Labute approximate surface area is 92.9 Å². The smallest absolute Gasteiger partial charge is 0.131 e. The summed E-state index contributed by atoms with van der Waals surface area (Å²) in [7, 11) is 0. The fraction of sp³-hybridized carbons (Fsp3) is 0.364. The van der Waals surface area contributed by atoms with Crippen LogP contribution in [-0.2, 0) is 6.54 Å². The second-order valence-electron chi connectivity index (χ2n) is 3.35. The van der Waals surface area contributed by atoms with Crippen LogP contribution in [0.15, 0.2) is 12.1 Å². The van der Waals surface area contributed by atoms with Gasteiger partial charge in [-0.2, -0.15) is 5.26 Å². The molecule has 3 nitrogen and oxygen atoms in total. The highest BCUT2D eigenvalue weighted by molar-refractivity contribution is 5.34. The van der Waals surface area contributed by atoms with Crippen molar-refractivity contribution in [1.29, 1.82) is 5.26 Å². The van der Waals surface area contributed by atoms with Crippen LogP contribution in [-0.4, -0.2) is 13.1 Å². The second kappa shape index (κ2) is 6.16. The van der Waals surface area contributed by atoms with E-state index in [4.69, 9.17) is 11.0 Å². The Morgan fingerprint density at radius 1 is 1.31 bits per heavy atom. The van der Waals surface area contributed by atoms with Gasteiger partial charge in [0.05, 0.1) is 11.6 Å². The number of rotatable bonds is 5. The predicted octanol–water partition coefficient (Wildman–Crippen LogP) is 1.27. The fourth-order valence-electron chi connectivity index (χ4n) is 1.28. The number of nitrogens with one attached hydrogen (secondary N) is 1. The zero-order chi connectivity index (χ0) is 12.0. The Bertz CT molecular complexity index is 376. The van der Waals surface area contributed by atoms with Gasteiger partial charge in [0.15, 0.2) is 0 Å². The van der Waals surface area contributed by atoms with E-state index < -0.39 is 11.6 Å². The standard InChI is InChI=1S/C11H13F2N3/c12-10-4-8(6-15)5-11(13)9(10)7-16-3-1-2-14/h4-5,16H,1-3,7,14H2. The molecule has 0 heterocycles. The lowest BCUT2D eigenvalue weighted by molar-refractivity contribution is 0.533. The van der Waals surface area contributed by atoms with E-state index in [1.54, 1.807) is 6.07 Å². The first kappa shape index (κ1) is 12.6. The summed E-state index contributed by atoms with van der Waals surface area (Å²) in [6.07, 6.45) is 0.750. The molecule has 0 aliphatic carbocycles. The van der Waals surface area contributed by atoms with Crippen LogP contribution in [0.25, 0.3) is 0 Å². The number of benzene rings is 1. The molecule has 0 aliphatic rings. The summed E-state index contributed by atoms with van der Waals surface area (Å²) in [5.74, 6) is -1.39. The van der Waals surface area contributed by atoms with Crippen molar-refractivity contribution in [3.8, 4) is 6.07 Å². The molecular formula is C11H13F2N3. The van der Waals surface area contributed by atoms with Gasteiger partial charge in [0.1, 0.15) is 11.6 Å². The van der Waals surface area contributed by atoms with Crippen LogP contribution in [0.3, 0.4) is 0 Å². The van der Waals surface area contributed by atoms with E-state index in [0.29, 0.717) is 13.1 Å². The molecule has 5 heteroatoms. The van der Waals surface area contributed by atoms with E-state index in [1.165, 1.54) is 0 Å². The summed E-state index contributed by atoms with van der Waals surface area (Å²) in [6.45, 7) is 1.24. The third-order valence-electron chi connectivity index (χ3n) is 2.13. The highest BCUT2D eigenvalue weighted by Gasteiger charge is 2.10. The van der Waals surface area contributed by atoms with Crippen molar-refractivity contribution in [2.75, 3.05) is 13.1 Å². The third kappa shape index (κ3) is 3.26. The number of nitrogens with two attached hydrogens (primary N) is 1. The molecular weight excluding hydrogens is 212 g/mol. The SMILES string of the molecule is N#Cc1cc(F)c(CNCCCN)c(F)c1. The van der Waals surface area contributed by atoms with Gasteiger partial charge < -0.3 is 11.1 Å². The average Bonchev–Trinajstić information content (AvgIpc) is 2.26. The highest BCUT2D eigenvalue weighted by atomic mass is 19.1. The molecule has 0 unspecified atom stereocenters. The van der Waals surface area contributed by atoms with Crippen molar-refractivity contribution in [2.45, 2.75) is 13.0 Å². The number of nitriles is 1. The predicted molar refractivity (Wildman–Crippen MR) is 56.5 cm³/mol. The summed E-state index contributed by atoms with van der Waals surface area (Å²) in [5, 5.41) is 11.4. The second-order valence-corrected chi connectivity index (χ2v) is 3.35. The number of nitrogens with zero attached hydrogens (tertiary/aromatic N) is 1. The molecule has 86 valence electrons. The van der Waals surface area contributed by atoms with E-state index in [9.17, 15) is 8.78 Å². The average molecular weight is 225 g/mol. The molecule has 16 heavy (non-hydrogen) atoms. The quantitative estimate of drug-likeness (QED) is 0.742. The summed E-state index contributed by atoms with van der Waals surface area (Å²) in [5.41, 5.74) is 5.22. The van der Waals surface area contributed by atoms with Crippen LogP contribution in [0.5, 0.6) is 0 Å². The van der Waals surface area contributed by atoms with Gasteiger partial charge >= 0.3 is 0 Å². The Morgan fingerprint density at radius 2 is 1.94 bits per heavy atom. The maximum absolute atomic E-state index is 13.4. The molecule has 0 saturated carbocycles. The topological polar surface area (TPSA) is 61.8 Å². The molecule has 0 atom stereocenters. The van der Waals surface area contributed by atoms with Crippen molar-refractivity contribution in [1.82, 2.24) is 5.32 Å². The molecule has 0 fully saturated rings. The van der Waals surface area contributed by atoms with Gasteiger partial charge in [-0.15, -0.1) is 0 Å². The number of halogens is 2. The van der Waals surface area contributed by atoms with Crippen molar-refractivity contribution >= 4 is 0 Å². The van der Waals surface area contributed by atoms with Crippen LogP contribution in [0, 0.1) is 23.0 Å². The number of hydrogen-bond acceptors (Lipinski definition) is 3. The largest absolute Gasteiger partial charge is 0.330 e. The van der Waals surface area contributed by atoms with Crippen LogP contribution >= 0.6 is 0 Å². The zero-order valence-electron chi connectivity index (χ0n) is 8.76. The van der Waals surface area contributed by atoms with Crippen molar-refractivity contribution in [3.05, 3.63) is 34.9 Å². The number of hydrogen-bond donors (Lipinski definition) is 2. The van der Waals surface area contributed by atoms with Gasteiger partial charge in [-0.1, -0.05) is 0 Å². The lowest BCUT2D eigenvalue weighted by Crippen LogP contribution is -2.19. The molecule has 0 saturated heterocycles. The van der Waals surface area contributed by atoms with Gasteiger partial charge in [-0.3, -0.25) is 0 Å². The van der Waals surface area contributed by atoms with Gasteiger partial charge in [0.2, 0.25) is 0 Å². The normalized spacial score (nSPS) is 10.1.